The van der Waals surface area contributed by atoms with Gasteiger partial charge in [-0.2, -0.15) is 0 Å². The van der Waals surface area contributed by atoms with Gasteiger partial charge in [0, 0.05) is 12.6 Å². The molecule has 0 radical (unpaired) electrons. The van der Waals surface area contributed by atoms with Gasteiger partial charge in [-0.3, -0.25) is 0 Å². The van der Waals surface area contributed by atoms with Crippen molar-refractivity contribution in [2.24, 2.45) is 11.8 Å². The van der Waals surface area contributed by atoms with Crippen LogP contribution in [0.4, 0.5) is 0 Å². The third kappa shape index (κ3) is 0.710. The van der Waals surface area contributed by atoms with Gasteiger partial charge in [-0.15, -0.1) is 0 Å². The Labute approximate surface area is 57.0 Å². The molecule has 1 aliphatic carbocycles. The van der Waals surface area contributed by atoms with Gasteiger partial charge in [0.1, 0.15) is 0 Å². The Morgan fingerprint density at radius 2 is 2.11 bits per heavy atom. The predicted molar refractivity (Wildman–Crippen MR) is 38.3 cm³/mol. The van der Waals surface area contributed by atoms with Crippen molar-refractivity contribution in [1.29, 1.82) is 0 Å². The third-order valence-electron chi connectivity index (χ3n) is 3.17. The van der Waals surface area contributed by atoms with E-state index in [0.29, 0.717) is 0 Å². The Kier molecular flexibility index (Phi) is 1.10. The maximum absolute atomic E-state index is 2.52. The predicted octanol–water partition coefficient (Wildman–Crippen LogP) is 1.35. The van der Waals surface area contributed by atoms with Gasteiger partial charge in [-0.05, 0) is 31.7 Å². The number of hydrogen-bond acceptors (Lipinski definition) is 1. The molecule has 0 aromatic heterocycles. The summed E-state index contributed by atoms with van der Waals surface area (Å²) < 4.78 is 0. The van der Waals surface area contributed by atoms with Gasteiger partial charge in [-0.1, -0.05) is 6.92 Å². The summed E-state index contributed by atoms with van der Waals surface area (Å²) in [7, 11) is 2.26. The fourth-order valence-electron chi connectivity index (χ4n) is 2.43. The standard InChI is InChI=1S/C8H15N/c1-6-3-8-4-7(6)5-9(8)2/h6-8H,3-5H2,1-2H3/t6?,7-,8+/m1/s1. The number of hydrogen-bond donors (Lipinski definition) is 0. The number of likely N-dealkylation sites (tertiary alicyclic amines) is 1. The molecule has 3 atom stereocenters. The molecule has 0 amide bonds. The van der Waals surface area contributed by atoms with Gasteiger partial charge in [0.05, 0.1) is 0 Å². The van der Waals surface area contributed by atoms with Crippen molar-refractivity contribution in [2.45, 2.75) is 25.8 Å². The number of fused-ring (bicyclic) bond motifs is 2. The van der Waals surface area contributed by atoms with E-state index in [1.165, 1.54) is 19.4 Å². The summed E-state index contributed by atoms with van der Waals surface area (Å²) in [6, 6.07) is 0.949. The smallest absolute Gasteiger partial charge is 0.00981 e. The molecule has 0 spiro atoms. The third-order valence-corrected chi connectivity index (χ3v) is 3.17. The molecule has 2 aliphatic rings. The van der Waals surface area contributed by atoms with Crippen LogP contribution in [0.5, 0.6) is 0 Å². The highest BCUT2D eigenvalue weighted by atomic mass is 15.2. The Morgan fingerprint density at radius 3 is 2.44 bits per heavy atom. The summed E-state index contributed by atoms with van der Waals surface area (Å²) in [5, 5.41) is 0. The second-order valence-corrected chi connectivity index (χ2v) is 3.80. The molecule has 0 aromatic carbocycles. The Morgan fingerprint density at radius 1 is 1.33 bits per heavy atom. The maximum Gasteiger partial charge on any atom is 0.00981 e. The van der Waals surface area contributed by atoms with Crippen LogP contribution in [-0.2, 0) is 0 Å². The van der Waals surface area contributed by atoms with Crippen LogP contribution in [0.15, 0.2) is 0 Å². The molecule has 1 saturated carbocycles. The van der Waals surface area contributed by atoms with Crippen LogP contribution in [0.2, 0.25) is 0 Å². The molecule has 2 bridgehead atoms. The van der Waals surface area contributed by atoms with E-state index < -0.39 is 0 Å². The summed E-state index contributed by atoms with van der Waals surface area (Å²) in [4.78, 5) is 2.52. The van der Waals surface area contributed by atoms with Gasteiger partial charge in [-0.25, -0.2) is 0 Å². The lowest BCUT2D eigenvalue weighted by molar-refractivity contribution is 0.219. The highest BCUT2D eigenvalue weighted by Crippen LogP contribution is 2.40. The lowest BCUT2D eigenvalue weighted by Crippen LogP contribution is -2.30. The molecule has 9 heavy (non-hydrogen) atoms. The monoisotopic (exact) mass is 125 g/mol. The zero-order valence-corrected chi connectivity index (χ0v) is 6.30. The highest BCUT2D eigenvalue weighted by Gasteiger charge is 2.40. The zero-order valence-electron chi connectivity index (χ0n) is 6.30. The van der Waals surface area contributed by atoms with Crippen LogP contribution in [0.3, 0.4) is 0 Å². The molecule has 1 heteroatoms. The van der Waals surface area contributed by atoms with E-state index in [4.69, 9.17) is 0 Å². The Hall–Kier alpha value is -0.0400. The first kappa shape index (κ1) is 5.72. The molecule has 1 saturated heterocycles. The van der Waals surface area contributed by atoms with E-state index in [-0.39, 0.29) is 0 Å². The van der Waals surface area contributed by atoms with E-state index in [1.807, 2.05) is 0 Å². The molecule has 0 aromatic rings. The summed E-state index contributed by atoms with van der Waals surface area (Å²) >= 11 is 0. The van der Waals surface area contributed by atoms with E-state index in [1.54, 1.807) is 0 Å². The van der Waals surface area contributed by atoms with Crippen molar-refractivity contribution >= 4 is 0 Å². The van der Waals surface area contributed by atoms with E-state index in [0.717, 1.165) is 17.9 Å². The second kappa shape index (κ2) is 1.72. The van der Waals surface area contributed by atoms with Crippen molar-refractivity contribution in [2.75, 3.05) is 13.6 Å². The molecule has 1 nitrogen and oxygen atoms in total. The van der Waals surface area contributed by atoms with Gasteiger partial charge >= 0.3 is 0 Å². The van der Waals surface area contributed by atoms with Gasteiger partial charge < -0.3 is 4.90 Å². The molecule has 1 aliphatic heterocycles. The SMILES string of the molecule is CC1C[C@H]2C[C@@H]1CN2C. The van der Waals surface area contributed by atoms with E-state index >= 15 is 0 Å². The van der Waals surface area contributed by atoms with Crippen LogP contribution in [0, 0.1) is 11.8 Å². The van der Waals surface area contributed by atoms with Crippen LogP contribution in [-0.4, -0.2) is 24.5 Å². The van der Waals surface area contributed by atoms with E-state index in [9.17, 15) is 0 Å². The van der Waals surface area contributed by atoms with Gasteiger partial charge in [0.15, 0.2) is 0 Å². The summed E-state index contributed by atoms with van der Waals surface area (Å²) in [6.07, 6.45) is 2.94. The molecule has 52 valence electrons. The number of nitrogens with zero attached hydrogens (tertiary/aromatic N) is 1. The van der Waals surface area contributed by atoms with Crippen molar-refractivity contribution in [1.82, 2.24) is 4.90 Å². The lowest BCUT2D eigenvalue weighted by atomic mass is 9.97. The average molecular weight is 125 g/mol. The fourth-order valence-corrected chi connectivity index (χ4v) is 2.43. The quantitative estimate of drug-likeness (QED) is 0.472. The Bertz CT molecular complexity index is 104. The molecule has 2 rings (SSSR count). The van der Waals surface area contributed by atoms with Crippen LogP contribution < -0.4 is 0 Å². The minimum absolute atomic E-state index is 0.949. The Balaban J connectivity index is 2.10. The molecule has 2 fully saturated rings. The van der Waals surface area contributed by atoms with Crippen molar-refractivity contribution in [3.8, 4) is 0 Å². The first-order valence-electron chi connectivity index (χ1n) is 3.97. The normalized spacial score (nSPS) is 50.7. The van der Waals surface area contributed by atoms with Crippen LogP contribution in [0.25, 0.3) is 0 Å². The minimum atomic E-state index is 0.949. The first-order chi connectivity index (χ1) is 4.27. The van der Waals surface area contributed by atoms with Gasteiger partial charge in [0.2, 0.25) is 0 Å². The van der Waals surface area contributed by atoms with Crippen LogP contribution in [0.1, 0.15) is 19.8 Å². The molecule has 1 unspecified atom stereocenters. The second-order valence-electron chi connectivity index (χ2n) is 3.80. The van der Waals surface area contributed by atoms with E-state index in [2.05, 4.69) is 18.9 Å². The molecule has 1 heterocycles. The van der Waals surface area contributed by atoms with Crippen molar-refractivity contribution in [3.05, 3.63) is 0 Å². The maximum atomic E-state index is 2.52. The molecular formula is C8H15N. The summed E-state index contributed by atoms with van der Waals surface area (Å²) in [5.74, 6) is 2.06. The lowest BCUT2D eigenvalue weighted by Gasteiger charge is -2.25. The topological polar surface area (TPSA) is 3.24 Å². The molecule has 0 N–H and O–H groups in total. The van der Waals surface area contributed by atoms with Crippen molar-refractivity contribution in [3.63, 3.8) is 0 Å². The molecular weight excluding hydrogens is 110 g/mol. The average Bonchev–Trinajstić information content (AvgIpc) is 2.24. The summed E-state index contributed by atoms with van der Waals surface area (Å²) in [5.41, 5.74) is 0. The summed E-state index contributed by atoms with van der Waals surface area (Å²) in [6.45, 7) is 3.77. The van der Waals surface area contributed by atoms with Crippen molar-refractivity contribution < 1.29 is 0 Å². The van der Waals surface area contributed by atoms with Gasteiger partial charge in [0.25, 0.3) is 0 Å². The largest absolute Gasteiger partial charge is 0.303 e. The van der Waals surface area contributed by atoms with Crippen LogP contribution >= 0.6 is 0 Å². The number of piperidine rings is 1. The first-order valence-corrected chi connectivity index (χ1v) is 3.97. The number of rotatable bonds is 0. The minimum Gasteiger partial charge on any atom is -0.303 e. The highest BCUT2D eigenvalue weighted by molar-refractivity contribution is 4.93. The fraction of sp³-hybridized carbons (Fsp3) is 1.00. The zero-order chi connectivity index (χ0) is 6.43.